The molecule has 1 amide bonds. The summed E-state index contributed by atoms with van der Waals surface area (Å²) >= 11 is 0. The van der Waals surface area contributed by atoms with Crippen molar-refractivity contribution < 1.29 is 14.4 Å². The highest BCUT2D eigenvalue weighted by Gasteiger charge is 2.49. The van der Waals surface area contributed by atoms with Gasteiger partial charge in [-0.2, -0.15) is 0 Å². The molecule has 0 saturated heterocycles. The number of rotatable bonds is 6. The van der Waals surface area contributed by atoms with Crippen molar-refractivity contribution >= 4 is 28.9 Å². The molecule has 1 aliphatic heterocycles. The second-order valence-corrected chi connectivity index (χ2v) is 7.78. The standard InChI is InChI=1S/C23H26N4O3/c1-14(2)19(28)13-27-18-12-8-7-11-17(18)20(16-9-5-4-6-10-16)26-23(25,22(27)30)21(29)15(3)24/h4-12,14-15H,13,24-25H2,1-3H3/t15-,23?/m0/s1. The summed E-state index contributed by atoms with van der Waals surface area (Å²) in [6.45, 7) is 4.76. The topological polar surface area (TPSA) is 119 Å². The summed E-state index contributed by atoms with van der Waals surface area (Å²) in [6, 6.07) is 15.2. The Kier molecular flexibility index (Phi) is 5.96. The van der Waals surface area contributed by atoms with Crippen LogP contribution < -0.4 is 16.4 Å². The minimum Gasteiger partial charge on any atom is -0.322 e. The molecule has 0 bridgehead atoms. The zero-order valence-electron chi connectivity index (χ0n) is 17.3. The average molecular weight is 406 g/mol. The van der Waals surface area contributed by atoms with Crippen LogP contribution in [0.1, 0.15) is 31.9 Å². The van der Waals surface area contributed by atoms with Crippen molar-refractivity contribution in [3.8, 4) is 0 Å². The van der Waals surface area contributed by atoms with Gasteiger partial charge in [0, 0.05) is 17.0 Å². The number of para-hydroxylation sites is 1. The highest BCUT2D eigenvalue weighted by atomic mass is 16.2. The van der Waals surface area contributed by atoms with E-state index >= 15 is 0 Å². The highest BCUT2D eigenvalue weighted by molar-refractivity contribution is 6.27. The summed E-state index contributed by atoms with van der Waals surface area (Å²) in [6.07, 6.45) is 0. The Balaban J connectivity index is 2.30. The summed E-state index contributed by atoms with van der Waals surface area (Å²) < 4.78 is 0. The number of anilines is 1. The van der Waals surface area contributed by atoms with Crippen molar-refractivity contribution in [3.63, 3.8) is 0 Å². The SMILES string of the molecule is CC(C)C(=O)CN1C(=O)C(N)(C(=O)[C@H](C)N)N=C(c2ccccc2)c2ccccc21. The highest BCUT2D eigenvalue weighted by Crippen LogP contribution is 2.31. The normalized spacial score (nSPS) is 19.7. The molecule has 0 radical (unpaired) electrons. The van der Waals surface area contributed by atoms with Crippen LogP contribution in [0.25, 0.3) is 0 Å². The van der Waals surface area contributed by atoms with E-state index in [9.17, 15) is 14.4 Å². The zero-order valence-corrected chi connectivity index (χ0v) is 17.3. The Bertz CT molecular complexity index is 1010. The van der Waals surface area contributed by atoms with Gasteiger partial charge in [-0.15, -0.1) is 0 Å². The quantitative estimate of drug-likeness (QED) is 0.707. The first kappa shape index (κ1) is 21.5. The van der Waals surface area contributed by atoms with Crippen molar-refractivity contribution in [1.82, 2.24) is 0 Å². The molecule has 7 heteroatoms. The molecule has 30 heavy (non-hydrogen) atoms. The molecule has 2 atom stereocenters. The molecule has 156 valence electrons. The van der Waals surface area contributed by atoms with Gasteiger partial charge in [0.25, 0.3) is 5.91 Å². The van der Waals surface area contributed by atoms with Crippen LogP contribution in [0.5, 0.6) is 0 Å². The molecule has 0 spiro atoms. The van der Waals surface area contributed by atoms with Crippen LogP contribution in [0, 0.1) is 5.92 Å². The summed E-state index contributed by atoms with van der Waals surface area (Å²) in [4.78, 5) is 44.9. The molecule has 0 fully saturated rings. The Morgan fingerprint density at radius 3 is 2.23 bits per heavy atom. The number of nitrogens with zero attached hydrogens (tertiary/aromatic N) is 2. The number of carbonyl (C=O) groups excluding carboxylic acids is 3. The number of benzene rings is 2. The van der Waals surface area contributed by atoms with E-state index in [4.69, 9.17) is 11.5 Å². The van der Waals surface area contributed by atoms with E-state index in [1.807, 2.05) is 30.3 Å². The van der Waals surface area contributed by atoms with Crippen LogP contribution in [-0.4, -0.2) is 41.4 Å². The van der Waals surface area contributed by atoms with E-state index in [1.54, 1.807) is 38.1 Å². The molecule has 0 aliphatic carbocycles. The summed E-state index contributed by atoms with van der Waals surface area (Å²) in [5.74, 6) is -1.93. The van der Waals surface area contributed by atoms with Crippen LogP contribution in [0.4, 0.5) is 5.69 Å². The molecule has 7 nitrogen and oxygen atoms in total. The number of carbonyl (C=O) groups is 3. The number of benzodiazepines with no additional fused rings is 1. The number of nitrogens with two attached hydrogens (primary N) is 2. The van der Waals surface area contributed by atoms with Gasteiger partial charge in [0.1, 0.15) is 0 Å². The van der Waals surface area contributed by atoms with Crippen molar-refractivity contribution in [2.75, 3.05) is 11.4 Å². The molecule has 0 saturated carbocycles. The average Bonchev–Trinajstić information content (AvgIpc) is 2.83. The van der Waals surface area contributed by atoms with Crippen molar-refractivity contribution in [2.24, 2.45) is 22.4 Å². The summed E-state index contributed by atoms with van der Waals surface area (Å²) in [5, 5.41) is 0. The largest absolute Gasteiger partial charge is 0.322 e. The third-order valence-corrected chi connectivity index (χ3v) is 5.10. The number of fused-ring (bicyclic) bond motifs is 1. The van der Waals surface area contributed by atoms with Crippen molar-refractivity contribution in [1.29, 1.82) is 0 Å². The number of hydrogen-bond acceptors (Lipinski definition) is 6. The molecular formula is C23H26N4O3. The first-order chi connectivity index (χ1) is 14.2. The van der Waals surface area contributed by atoms with E-state index in [1.165, 1.54) is 11.8 Å². The Morgan fingerprint density at radius 1 is 1.03 bits per heavy atom. The van der Waals surface area contributed by atoms with Gasteiger partial charge in [0.15, 0.2) is 5.78 Å². The van der Waals surface area contributed by atoms with Gasteiger partial charge >= 0.3 is 0 Å². The molecular weight excluding hydrogens is 380 g/mol. The number of amides is 1. The lowest BCUT2D eigenvalue weighted by Crippen LogP contribution is -2.63. The van der Waals surface area contributed by atoms with Gasteiger partial charge in [-0.3, -0.25) is 20.1 Å². The molecule has 4 N–H and O–H groups in total. The third-order valence-electron chi connectivity index (χ3n) is 5.10. The van der Waals surface area contributed by atoms with E-state index in [2.05, 4.69) is 4.99 Å². The smallest absolute Gasteiger partial charge is 0.278 e. The number of ketones is 2. The fourth-order valence-electron chi connectivity index (χ4n) is 3.33. The lowest BCUT2D eigenvalue weighted by molar-refractivity contribution is -0.135. The van der Waals surface area contributed by atoms with Gasteiger partial charge in [0.05, 0.1) is 24.0 Å². The fraction of sp³-hybridized carbons (Fsp3) is 0.304. The van der Waals surface area contributed by atoms with Gasteiger partial charge in [-0.05, 0) is 13.0 Å². The van der Waals surface area contributed by atoms with Gasteiger partial charge in [0.2, 0.25) is 11.4 Å². The number of hydrogen-bond donors (Lipinski definition) is 2. The maximum absolute atomic E-state index is 13.6. The Hall–Kier alpha value is -3.16. The van der Waals surface area contributed by atoms with Crippen molar-refractivity contribution in [3.05, 3.63) is 65.7 Å². The van der Waals surface area contributed by atoms with Crippen LogP contribution in [0.2, 0.25) is 0 Å². The van der Waals surface area contributed by atoms with E-state index in [0.717, 1.165) is 0 Å². The summed E-state index contributed by atoms with van der Waals surface area (Å²) in [7, 11) is 0. The molecule has 1 unspecified atom stereocenters. The molecule has 3 rings (SSSR count). The predicted octanol–water partition coefficient (Wildman–Crippen LogP) is 1.67. The first-order valence-electron chi connectivity index (χ1n) is 9.85. The van der Waals surface area contributed by atoms with Gasteiger partial charge in [-0.25, -0.2) is 4.99 Å². The predicted molar refractivity (Wildman–Crippen MR) is 116 cm³/mol. The number of aliphatic imine (C=N–C) groups is 1. The van der Waals surface area contributed by atoms with Crippen LogP contribution in [0.3, 0.4) is 0 Å². The van der Waals surface area contributed by atoms with Crippen LogP contribution in [-0.2, 0) is 14.4 Å². The lowest BCUT2D eigenvalue weighted by atomic mass is 9.98. The molecule has 2 aromatic rings. The Morgan fingerprint density at radius 2 is 1.63 bits per heavy atom. The van der Waals surface area contributed by atoms with Crippen LogP contribution in [0.15, 0.2) is 59.6 Å². The lowest BCUT2D eigenvalue weighted by Gasteiger charge is -2.30. The zero-order chi connectivity index (χ0) is 22.1. The Labute approximate surface area is 175 Å². The third kappa shape index (κ3) is 3.81. The fourth-order valence-corrected chi connectivity index (χ4v) is 3.33. The summed E-state index contributed by atoms with van der Waals surface area (Å²) in [5.41, 5.74) is 12.1. The second-order valence-electron chi connectivity index (χ2n) is 7.78. The monoisotopic (exact) mass is 406 g/mol. The van der Waals surface area contributed by atoms with E-state index in [0.29, 0.717) is 22.5 Å². The maximum atomic E-state index is 13.6. The molecule has 1 heterocycles. The van der Waals surface area contributed by atoms with E-state index < -0.39 is 23.4 Å². The first-order valence-corrected chi connectivity index (χ1v) is 9.85. The molecule has 2 aromatic carbocycles. The molecule has 1 aliphatic rings. The minimum atomic E-state index is -2.24. The molecule has 0 aromatic heterocycles. The number of Topliss-reactive ketones (excluding diaryl/α,β-unsaturated/α-hetero) is 2. The van der Waals surface area contributed by atoms with Gasteiger partial charge < -0.3 is 10.6 Å². The van der Waals surface area contributed by atoms with E-state index in [-0.39, 0.29) is 18.2 Å². The van der Waals surface area contributed by atoms with Gasteiger partial charge in [-0.1, -0.05) is 62.4 Å². The second kappa shape index (κ2) is 8.30. The van der Waals surface area contributed by atoms with Crippen molar-refractivity contribution in [2.45, 2.75) is 32.5 Å². The maximum Gasteiger partial charge on any atom is 0.278 e. The van der Waals surface area contributed by atoms with Crippen LogP contribution >= 0.6 is 0 Å². The minimum absolute atomic E-state index is 0.156.